The van der Waals surface area contributed by atoms with Gasteiger partial charge in [-0.2, -0.15) is 10.1 Å². The molecule has 2 aromatic heterocycles. The van der Waals surface area contributed by atoms with Crippen LogP contribution in [0.3, 0.4) is 0 Å². The van der Waals surface area contributed by atoms with Gasteiger partial charge in [0.05, 0.1) is 17.8 Å². The summed E-state index contributed by atoms with van der Waals surface area (Å²) in [5.74, 6) is -0.744. The molecule has 0 fully saturated rings. The second kappa shape index (κ2) is 6.32. The highest BCUT2D eigenvalue weighted by molar-refractivity contribution is 5.94. The molecule has 1 aromatic carbocycles. The van der Waals surface area contributed by atoms with Crippen molar-refractivity contribution in [3.8, 4) is 11.5 Å². The highest BCUT2D eigenvalue weighted by atomic mass is 19.3. The van der Waals surface area contributed by atoms with Gasteiger partial charge in [0, 0.05) is 18.8 Å². The fourth-order valence-electron chi connectivity index (χ4n) is 3.12. The van der Waals surface area contributed by atoms with Crippen LogP contribution < -0.4 is 5.32 Å². The predicted octanol–water partition coefficient (Wildman–Crippen LogP) is 2.83. The summed E-state index contributed by atoms with van der Waals surface area (Å²) in [7, 11) is 1.75. The Kier molecular flexibility index (Phi) is 3.98. The number of hydrogen-bond acceptors (Lipinski definition) is 5. The van der Waals surface area contributed by atoms with Gasteiger partial charge in [-0.05, 0) is 36.1 Å². The van der Waals surface area contributed by atoms with Crippen LogP contribution in [0.1, 0.15) is 46.2 Å². The zero-order chi connectivity index (χ0) is 18.3. The van der Waals surface area contributed by atoms with Crippen LogP contribution in [-0.4, -0.2) is 25.8 Å². The zero-order valence-electron chi connectivity index (χ0n) is 13.8. The maximum Gasteiger partial charge on any atom is 0.300 e. The number of rotatable bonds is 4. The number of nitrogens with zero attached hydrogens (tertiary/aromatic N) is 4. The van der Waals surface area contributed by atoms with Crippen molar-refractivity contribution in [3.05, 3.63) is 53.1 Å². The molecule has 1 aliphatic carbocycles. The first-order valence-electron chi connectivity index (χ1n) is 8.05. The Hall–Kier alpha value is -3.10. The topological polar surface area (TPSA) is 85.8 Å². The van der Waals surface area contributed by atoms with Crippen molar-refractivity contribution in [1.82, 2.24) is 25.2 Å². The monoisotopic (exact) mass is 359 g/mol. The molecule has 1 amide bonds. The molecule has 7 nitrogen and oxygen atoms in total. The molecular formula is C17H15F2N5O2. The fourth-order valence-corrected chi connectivity index (χ4v) is 3.12. The van der Waals surface area contributed by atoms with Crippen LogP contribution in [0.5, 0.6) is 0 Å². The second-order valence-corrected chi connectivity index (χ2v) is 6.14. The molecule has 0 radical (unpaired) electrons. The third-order valence-electron chi connectivity index (χ3n) is 4.38. The Balaban J connectivity index is 1.53. The number of halogens is 2. The van der Waals surface area contributed by atoms with Crippen molar-refractivity contribution in [2.45, 2.75) is 25.3 Å². The van der Waals surface area contributed by atoms with E-state index in [1.54, 1.807) is 24.0 Å². The molecule has 134 valence electrons. The van der Waals surface area contributed by atoms with Crippen molar-refractivity contribution in [1.29, 1.82) is 0 Å². The highest BCUT2D eigenvalue weighted by Crippen LogP contribution is 2.34. The van der Waals surface area contributed by atoms with E-state index < -0.39 is 12.2 Å². The van der Waals surface area contributed by atoms with Crippen molar-refractivity contribution in [3.63, 3.8) is 0 Å². The number of benzene rings is 1. The molecule has 0 saturated carbocycles. The lowest BCUT2D eigenvalue weighted by Crippen LogP contribution is -2.26. The van der Waals surface area contributed by atoms with Gasteiger partial charge in [-0.3, -0.25) is 9.48 Å². The molecule has 3 aromatic rings. The summed E-state index contributed by atoms with van der Waals surface area (Å²) < 4.78 is 31.7. The van der Waals surface area contributed by atoms with Crippen LogP contribution in [0, 0.1) is 0 Å². The summed E-state index contributed by atoms with van der Waals surface area (Å²) in [6.45, 7) is 0. The van der Waals surface area contributed by atoms with Crippen molar-refractivity contribution < 1.29 is 18.1 Å². The molecule has 1 N–H and O–H groups in total. The minimum Gasteiger partial charge on any atom is -0.345 e. The molecule has 0 aliphatic heterocycles. The van der Waals surface area contributed by atoms with E-state index in [0.717, 1.165) is 24.0 Å². The third kappa shape index (κ3) is 2.96. The Morgan fingerprint density at radius 3 is 2.96 bits per heavy atom. The van der Waals surface area contributed by atoms with Gasteiger partial charge in [-0.25, -0.2) is 8.78 Å². The molecule has 1 unspecified atom stereocenters. The van der Waals surface area contributed by atoms with Crippen molar-refractivity contribution >= 4 is 5.91 Å². The zero-order valence-corrected chi connectivity index (χ0v) is 13.8. The first-order chi connectivity index (χ1) is 12.5. The van der Waals surface area contributed by atoms with Crippen LogP contribution in [0.2, 0.25) is 0 Å². The predicted molar refractivity (Wildman–Crippen MR) is 86.4 cm³/mol. The van der Waals surface area contributed by atoms with Gasteiger partial charge in [0.1, 0.15) is 0 Å². The van der Waals surface area contributed by atoms with E-state index in [1.165, 1.54) is 6.20 Å². The molecule has 2 heterocycles. The average molecular weight is 359 g/mol. The van der Waals surface area contributed by atoms with Crippen molar-refractivity contribution in [2.75, 3.05) is 0 Å². The minimum atomic E-state index is -2.77. The molecule has 4 rings (SSSR count). The Morgan fingerprint density at radius 2 is 2.27 bits per heavy atom. The molecule has 9 heteroatoms. The van der Waals surface area contributed by atoms with Gasteiger partial charge in [0.2, 0.25) is 5.82 Å². The lowest BCUT2D eigenvalue weighted by atomic mass is 10.0. The largest absolute Gasteiger partial charge is 0.345 e. The molecular weight excluding hydrogens is 344 g/mol. The van der Waals surface area contributed by atoms with Crippen LogP contribution in [-0.2, 0) is 13.5 Å². The number of carbonyl (C=O) groups is 1. The summed E-state index contributed by atoms with van der Waals surface area (Å²) in [5.41, 5.74) is 3.11. The second-order valence-electron chi connectivity index (χ2n) is 6.14. The van der Waals surface area contributed by atoms with E-state index in [1.807, 2.05) is 12.1 Å². The lowest BCUT2D eigenvalue weighted by molar-refractivity contribution is 0.0936. The van der Waals surface area contributed by atoms with Gasteiger partial charge in [-0.15, -0.1) is 0 Å². The Bertz CT molecular complexity index is 966. The lowest BCUT2D eigenvalue weighted by Gasteiger charge is -2.13. The van der Waals surface area contributed by atoms with E-state index in [2.05, 4.69) is 20.6 Å². The molecule has 0 spiro atoms. The van der Waals surface area contributed by atoms with Gasteiger partial charge in [-0.1, -0.05) is 11.2 Å². The number of carbonyl (C=O) groups excluding carboxylic acids is 1. The van der Waals surface area contributed by atoms with Crippen LogP contribution in [0.4, 0.5) is 8.78 Å². The molecule has 1 aliphatic rings. The smallest absolute Gasteiger partial charge is 0.300 e. The van der Waals surface area contributed by atoms with E-state index in [9.17, 15) is 13.6 Å². The SMILES string of the molecule is Cn1cc(C(=O)NC2CCc3cc(-c4nc(C(F)F)no4)ccc32)cn1. The van der Waals surface area contributed by atoms with Crippen molar-refractivity contribution in [2.24, 2.45) is 7.05 Å². The number of fused-ring (bicyclic) bond motifs is 1. The normalized spacial score (nSPS) is 16.1. The first kappa shape index (κ1) is 16.4. The summed E-state index contributed by atoms with van der Waals surface area (Å²) in [6, 6.07) is 5.33. The maximum absolute atomic E-state index is 12.6. The van der Waals surface area contributed by atoms with Crippen LogP contribution in [0.25, 0.3) is 11.5 Å². The quantitative estimate of drug-likeness (QED) is 0.774. The van der Waals surface area contributed by atoms with E-state index in [-0.39, 0.29) is 17.8 Å². The Morgan fingerprint density at radius 1 is 1.42 bits per heavy atom. The minimum absolute atomic E-state index is 0.0611. The molecule has 26 heavy (non-hydrogen) atoms. The summed E-state index contributed by atoms with van der Waals surface area (Å²) in [6.07, 6.45) is 1.93. The van der Waals surface area contributed by atoms with Crippen LogP contribution in [0.15, 0.2) is 35.1 Å². The number of aryl methyl sites for hydroxylation is 2. The molecule has 0 saturated heterocycles. The maximum atomic E-state index is 12.6. The number of amides is 1. The number of hydrogen-bond donors (Lipinski definition) is 1. The summed E-state index contributed by atoms with van der Waals surface area (Å²) in [4.78, 5) is 16.0. The van der Waals surface area contributed by atoms with Crippen LogP contribution >= 0.6 is 0 Å². The summed E-state index contributed by atoms with van der Waals surface area (Å²) in [5, 5.41) is 10.3. The van der Waals surface area contributed by atoms with Gasteiger partial charge >= 0.3 is 6.43 Å². The third-order valence-corrected chi connectivity index (χ3v) is 4.38. The number of nitrogens with one attached hydrogen (secondary N) is 1. The molecule has 1 atom stereocenters. The number of alkyl halides is 2. The van der Waals surface area contributed by atoms with Gasteiger partial charge < -0.3 is 9.84 Å². The standard InChI is InChI=1S/C17H15F2N5O2/c1-24-8-11(7-20-24)16(25)21-13-5-3-9-6-10(2-4-12(9)13)17-22-15(14(18)19)23-26-17/h2,4,6-8,13-14H,3,5H2,1H3,(H,21,25). The van der Waals surface area contributed by atoms with Gasteiger partial charge in [0.25, 0.3) is 11.8 Å². The fraction of sp³-hybridized carbons (Fsp3) is 0.294. The Labute approximate surface area is 147 Å². The molecule has 0 bridgehead atoms. The number of aromatic nitrogens is 4. The average Bonchev–Trinajstić information content (AvgIpc) is 3.34. The highest BCUT2D eigenvalue weighted by Gasteiger charge is 2.26. The summed E-state index contributed by atoms with van der Waals surface area (Å²) >= 11 is 0. The van der Waals surface area contributed by atoms with E-state index in [0.29, 0.717) is 11.1 Å². The first-order valence-corrected chi connectivity index (χ1v) is 8.05. The van der Waals surface area contributed by atoms with E-state index in [4.69, 9.17) is 4.52 Å². The van der Waals surface area contributed by atoms with E-state index >= 15 is 0 Å². The van der Waals surface area contributed by atoms with Gasteiger partial charge in [0.15, 0.2) is 0 Å².